The highest BCUT2D eigenvalue weighted by Gasteiger charge is 2.36. The summed E-state index contributed by atoms with van der Waals surface area (Å²) < 4.78 is 44.3. The molecule has 0 bridgehead atoms. The van der Waals surface area contributed by atoms with Gasteiger partial charge in [-0.1, -0.05) is 28.9 Å². The summed E-state index contributed by atoms with van der Waals surface area (Å²) in [6, 6.07) is 8.08. The van der Waals surface area contributed by atoms with E-state index in [9.17, 15) is 18.0 Å². The fourth-order valence-corrected chi connectivity index (χ4v) is 2.16. The van der Waals surface area contributed by atoms with Crippen LogP contribution in [0.25, 0.3) is 5.69 Å². The van der Waals surface area contributed by atoms with Crippen LogP contribution in [0.5, 0.6) is 0 Å². The van der Waals surface area contributed by atoms with E-state index >= 15 is 0 Å². The molecule has 3 aromatic rings. The van der Waals surface area contributed by atoms with Crippen molar-refractivity contribution < 1.29 is 22.5 Å². The van der Waals surface area contributed by atoms with Crippen LogP contribution < -0.4 is 5.32 Å². The third kappa shape index (κ3) is 3.11. The molecule has 0 unspecified atom stereocenters. The van der Waals surface area contributed by atoms with Crippen molar-refractivity contribution in [1.82, 2.24) is 14.9 Å². The maximum atomic E-state index is 13.0. The summed E-state index contributed by atoms with van der Waals surface area (Å²) in [6.45, 7) is 0. The Hall–Kier alpha value is -2.81. The molecule has 0 saturated carbocycles. The minimum absolute atomic E-state index is 0.0560. The van der Waals surface area contributed by atoms with E-state index in [1.165, 1.54) is 24.5 Å². The average molecular weight is 357 g/mol. The second-order valence-corrected chi connectivity index (χ2v) is 5.02. The fourth-order valence-electron chi connectivity index (χ4n) is 1.95. The molecule has 0 fully saturated rings. The Morgan fingerprint density at radius 2 is 2.00 bits per heavy atom. The fraction of sp³-hybridized carbons (Fsp3) is 0.0714. The first-order valence-corrected chi connectivity index (χ1v) is 6.88. The first-order valence-electron chi connectivity index (χ1n) is 6.50. The van der Waals surface area contributed by atoms with E-state index in [-0.39, 0.29) is 22.2 Å². The number of alkyl halides is 3. The molecule has 1 aromatic carbocycles. The Morgan fingerprint density at radius 3 is 2.62 bits per heavy atom. The number of carbonyl (C=O) groups is 1. The molecule has 1 N–H and O–H groups in total. The molecule has 124 valence electrons. The minimum Gasteiger partial charge on any atom is -0.363 e. The molecule has 0 spiro atoms. The number of benzene rings is 1. The van der Waals surface area contributed by atoms with Crippen molar-refractivity contribution >= 4 is 23.3 Å². The molecule has 0 aliphatic heterocycles. The SMILES string of the molecule is O=C(Nc1ccon1)c1cc(C(F)(F)F)nn1-c1ccccc1Cl. The number of nitrogens with zero attached hydrogens (tertiary/aromatic N) is 3. The number of amides is 1. The van der Waals surface area contributed by atoms with Crippen molar-refractivity contribution in [2.24, 2.45) is 0 Å². The van der Waals surface area contributed by atoms with Crippen LogP contribution in [0.3, 0.4) is 0 Å². The lowest BCUT2D eigenvalue weighted by Crippen LogP contribution is -2.17. The minimum atomic E-state index is -4.71. The Kier molecular flexibility index (Phi) is 4.02. The van der Waals surface area contributed by atoms with E-state index in [0.717, 1.165) is 4.68 Å². The predicted molar refractivity (Wildman–Crippen MR) is 78.0 cm³/mol. The quantitative estimate of drug-likeness (QED) is 0.775. The number of anilines is 1. The molecule has 3 rings (SSSR count). The van der Waals surface area contributed by atoms with Crippen LogP contribution in [0.15, 0.2) is 47.2 Å². The Morgan fingerprint density at radius 1 is 1.25 bits per heavy atom. The third-order valence-corrected chi connectivity index (χ3v) is 3.31. The Labute approximate surface area is 137 Å². The monoisotopic (exact) mass is 356 g/mol. The second-order valence-electron chi connectivity index (χ2n) is 4.61. The lowest BCUT2D eigenvalue weighted by atomic mass is 10.3. The van der Waals surface area contributed by atoms with Gasteiger partial charge in [0.05, 0.1) is 10.7 Å². The van der Waals surface area contributed by atoms with Gasteiger partial charge in [-0.2, -0.15) is 18.3 Å². The van der Waals surface area contributed by atoms with Gasteiger partial charge in [0.1, 0.15) is 12.0 Å². The topological polar surface area (TPSA) is 73.0 Å². The van der Waals surface area contributed by atoms with Gasteiger partial charge in [0, 0.05) is 12.1 Å². The summed E-state index contributed by atoms with van der Waals surface area (Å²) in [5.41, 5.74) is -1.42. The number of hydrogen-bond donors (Lipinski definition) is 1. The van der Waals surface area contributed by atoms with Gasteiger partial charge < -0.3 is 9.84 Å². The molecule has 6 nitrogen and oxygen atoms in total. The largest absolute Gasteiger partial charge is 0.435 e. The molecular formula is C14H8ClF3N4O2. The van der Waals surface area contributed by atoms with Crippen LogP contribution in [0.4, 0.5) is 19.0 Å². The molecule has 10 heteroatoms. The van der Waals surface area contributed by atoms with E-state index in [1.54, 1.807) is 12.1 Å². The molecule has 1 amide bonds. The van der Waals surface area contributed by atoms with E-state index in [2.05, 4.69) is 20.1 Å². The number of nitrogens with one attached hydrogen (secondary N) is 1. The second kappa shape index (κ2) is 6.00. The number of rotatable bonds is 3. The van der Waals surface area contributed by atoms with Crippen LogP contribution in [-0.4, -0.2) is 20.8 Å². The molecule has 2 heterocycles. The van der Waals surface area contributed by atoms with Crippen molar-refractivity contribution in [1.29, 1.82) is 0 Å². The normalized spacial score (nSPS) is 11.5. The smallest absolute Gasteiger partial charge is 0.363 e. The van der Waals surface area contributed by atoms with Crippen LogP contribution in [0.2, 0.25) is 5.02 Å². The highest BCUT2D eigenvalue weighted by atomic mass is 35.5. The highest BCUT2D eigenvalue weighted by Crippen LogP contribution is 2.31. The first kappa shape index (κ1) is 16.1. The molecular weight excluding hydrogens is 349 g/mol. The molecule has 0 saturated heterocycles. The average Bonchev–Trinajstić information content (AvgIpc) is 3.16. The first-order chi connectivity index (χ1) is 11.4. The number of aromatic nitrogens is 3. The molecule has 0 aliphatic rings. The summed E-state index contributed by atoms with van der Waals surface area (Å²) in [4.78, 5) is 12.3. The number of carbonyl (C=O) groups excluding carboxylic acids is 1. The van der Waals surface area contributed by atoms with Gasteiger partial charge in [0.25, 0.3) is 5.91 Å². The van der Waals surface area contributed by atoms with Gasteiger partial charge in [-0.25, -0.2) is 4.68 Å². The predicted octanol–water partition coefficient (Wildman–Crippen LogP) is 3.78. The van der Waals surface area contributed by atoms with Crippen molar-refractivity contribution in [3.63, 3.8) is 0 Å². The van der Waals surface area contributed by atoms with Crippen LogP contribution in [0, 0.1) is 0 Å². The molecule has 0 radical (unpaired) electrons. The van der Waals surface area contributed by atoms with Crippen molar-refractivity contribution in [2.75, 3.05) is 5.32 Å². The summed E-state index contributed by atoms with van der Waals surface area (Å²) >= 11 is 6.00. The van der Waals surface area contributed by atoms with Gasteiger partial charge in [0.15, 0.2) is 11.5 Å². The van der Waals surface area contributed by atoms with Crippen molar-refractivity contribution in [3.05, 3.63) is 59.1 Å². The molecule has 0 atom stereocenters. The van der Waals surface area contributed by atoms with Gasteiger partial charge in [-0.05, 0) is 12.1 Å². The van der Waals surface area contributed by atoms with Crippen molar-refractivity contribution in [2.45, 2.75) is 6.18 Å². The highest BCUT2D eigenvalue weighted by molar-refractivity contribution is 6.32. The summed E-state index contributed by atoms with van der Waals surface area (Å²) in [5, 5.41) is 9.40. The zero-order valence-corrected chi connectivity index (χ0v) is 12.5. The number of hydrogen-bond acceptors (Lipinski definition) is 4. The van der Waals surface area contributed by atoms with Gasteiger partial charge in [-0.15, -0.1) is 0 Å². The maximum absolute atomic E-state index is 13.0. The molecule has 0 aliphatic carbocycles. The van der Waals surface area contributed by atoms with E-state index < -0.39 is 17.8 Å². The van der Waals surface area contributed by atoms with E-state index in [0.29, 0.717) is 6.07 Å². The standard InChI is InChI=1S/C14H8ClF3N4O2/c15-8-3-1-2-4-9(8)22-10(7-11(20-22)14(16,17)18)13(23)19-12-5-6-24-21-12/h1-7H,(H,19,21,23). The summed E-state index contributed by atoms with van der Waals surface area (Å²) in [6.07, 6.45) is -3.50. The van der Waals surface area contributed by atoms with Crippen LogP contribution >= 0.6 is 11.6 Å². The van der Waals surface area contributed by atoms with E-state index in [1.807, 2.05) is 0 Å². The van der Waals surface area contributed by atoms with E-state index in [4.69, 9.17) is 11.6 Å². The molecule has 2 aromatic heterocycles. The van der Waals surface area contributed by atoms with Crippen molar-refractivity contribution in [3.8, 4) is 5.69 Å². The zero-order valence-electron chi connectivity index (χ0n) is 11.7. The Bertz CT molecular complexity index is 875. The van der Waals surface area contributed by atoms with Crippen LogP contribution in [-0.2, 0) is 6.18 Å². The summed E-state index contributed by atoms with van der Waals surface area (Å²) in [5.74, 6) is -0.785. The van der Waals surface area contributed by atoms with Crippen LogP contribution in [0.1, 0.15) is 16.2 Å². The van der Waals surface area contributed by atoms with Gasteiger partial charge in [0.2, 0.25) is 0 Å². The Balaban J connectivity index is 2.08. The number of para-hydroxylation sites is 1. The maximum Gasteiger partial charge on any atom is 0.435 e. The lowest BCUT2D eigenvalue weighted by Gasteiger charge is -2.08. The van der Waals surface area contributed by atoms with Gasteiger partial charge >= 0.3 is 6.18 Å². The number of halogens is 4. The van der Waals surface area contributed by atoms with Gasteiger partial charge in [-0.3, -0.25) is 4.79 Å². The zero-order chi connectivity index (χ0) is 17.3. The lowest BCUT2D eigenvalue weighted by molar-refractivity contribution is -0.141. The molecule has 24 heavy (non-hydrogen) atoms. The summed E-state index contributed by atoms with van der Waals surface area (Å²) in [7, 11) is 0. The third-order valence-electron chi connectivity index (χ3n) is 2.99.